The number of aryl methyl sites for hydroxylation is 2. The molecule has 0 radical (unpaired) electrons. The summed E-state index contributed by atoms with van der Waals surface area (Å²) in [4.78, 5) is 7.90. The maximum absolute atomic E-state index is 5.15. The number of hydrogen-bond acceptors (Lipinski definition) is 3. The Morgan fingerprint density at radius 1 is 1.58 bits per heavy atom. The lowest BCUT2D eigenvalue weighted by Crippen LogP contribution is -2.22. The Hall–Kier alpha value is -1.59. The first kappa shape index (κ1) is 8.51. The summed E-state index contributed by atoms with van der Waals surface area (Å²) in [5.74, 6) is 1.53. The smallest absolute Gasteiger partial charge is 0.186 e. The molecule has 0 fully saturated rings. The number of nitrogens with two attached hydrogens (primary N) is 2. The van der Waals surface area contributed by atoms with Crippen molar-refractivity contribution in [3.05, 3.63) is 11.6 Å². The summed E-state index contributed by atoms with van der Waals surface area (Å²) >= 11 is 0. The molecule has 0 saturated carbocycles. The lowest BCUT2D eigenvalue weighted by Gasteiger charge is -1.88. The van der Waals surface area contributed by atoms with Crippen molar-refractivity contribution in [2.75, 3.05) is 0 Å². The summed E-state index contributed by atoms with van der Waals surface area (Å²) in [5, 5.41) is 4.07. The van der Waals surface area contributed by atoms with Crippen LogP contribution in [0.1, 0.15) is 11.6 Å². The van der Waals surface area contributed by atoms with Gasteiger partial charge in [0.2, 0.25) is 0 Å². The first-order chi connectivity index (χ1) is 5.59. The van der Waals surface area contributed by atoms with Gasteiger partial charge in [-0.2, -0.15) is 5.10 Å². The third kappa shape index (κ3) is 1.94. The Balaban J connectivity index is 2.71. The second-order valence-electron chi connectivity index (χ2n) is 2.44. The molecule has 0 amide bonds. The molecule has 12 heavy (non-hydrogen) atoms. The summed E-state index contributed by atoms with van der Waals surface area (Å²) in [5.41, 5.74) is 10.3. The predicted molar refractivity (Wildman–Crippen MR) is 45.3 cm³/mol. The van der Waals surface area contributed by atoms with Gasteiger partial charge in [0.05, 0.1) is 0 Å². The maximum Gasteiger partial charge on any atom is 0.186 e. The Morgan fingerprint density at radius 3 is 2.67 bits per heavy atom. The zero-order chi connectivity index (χ0) is 9.14. The van der Waals surface area contributed by atoms with Crippen LogP contribution in [-0.2, 0) is 13.6 Å². The third-order valence-corrected chi connectivity index (χ3v) is 1.43. The van der Waals surface area contributed by atoms with E-state index >= 15 is 0 Å². The maximum atomic E-state index is 5.15. The Kier molecular flexibility index (Phi) is 2.27. The third-order valence-electron chi connectivity index (χ3n) is 1.43. The molecule has 1 aromatic heterocycles. The van der Waals surface area contributed by atoms with Crippen LogP contribution in [0, 0.1) is 6.92 Å². The van der Waals surface area contributed by atoms with E-state index in [1.807, 2.05) is 14.0 Å². The highest BCUT2D eigenvalue weighted by atomic mass is 15.3. The summed E-state index contributed by atoms with van der Waals surface area (Å²) in [7, 11) is 1.82. The van der Waals surface area contributed by atoms with Gasteiger partial charge in [-0.25, -0.2) is 9.98 Å². The Bertz CT molecular complexity index is 275. The molecule has 6 heteroatoms. The molecule has 0 aliphatic rings. The first-order valence-electron chi connectivity index (χ1n) is 3.51. The van der Waals surface area contributed by atoms with Gasteiger partial charge in [0.1, 0.15) is 12.4 Å². The molecule has 0 bridgehead atoms. The number of rotatable bonds is 2. The predicted octanol–water partition coefficient (Wildman–Crippen LogP) is -1.10. The number of guanidine groups is 1. The van der Waals surface area contributed by atoms with Gasteiger partial charge < -0.3 is 11.5 Å². The van der Waals surface area contributed by atoms with E-state index in [0.717, 1.165) is 5.82 Å². The van der Waals surface area contributed by atoms with Gasteiger partial charge in [-0.1, -0.05) is 0 Å². The van der Waals surface area contributed by atoms with Gasteiger partial charge in [0.15, 0.2) is 11.8 Å². The molecule has 66 valence electrons. The highest BCUT2D eigenvalue weighted by Gasteiger charge is 2.00. The van der Waals surface area contributed by atoms with Crippen LogP contribution in [0.15, 0.2) is 4.99 Å². The normalized spacial score (nSPS) is 9.83. The molecular formula is C6H12N6. The van der Waals surface area contributed by atoms with Crippen LogP contribution in [0.2, 0.25) is 0 Å². The van der Waals surface area contributed by atoms with Gasteiger partial charge in [-0.3, -0.25) is 4.68 Å². The van der Waals surface area contributed by atoms with Crippen molar-refractivity contribution < 1.29 is 0 Å². The van der Waals surface area contributed by atoms with E-state index in [-0.39, 0.29) is 5.96 Å². The molecular weight excluding hydrogens is 156 g/mol. The number of hydrogen-bond donors (Lipinski definition) is 2. The summed E-state index contributed by atoms with van der Waals surface area (Å²) in [6.07, 6.45) is 0. The van der Waals surface area contributed by atoms with E-state index in [4.69, 9.17) is 11.5 Å². The monoisotopic (exact) mass is 168 g/mol. The minimum absolute atomic E-state index is 0.0557. The summed E-state index contributed by atoms with van der Waals surface area (Å²) < 4.78 is 1.68. The molecule has 1 aromatic rings. The zero-order valence-corrected chi connectivity index (χ0v) is 7.15. The van der Waals surface area contributed by atoms with Crippen LogP contribution in [0.3, 0.4) is 0 Å². The van der Waals surface area contributed by atoms with E-state index in [1.165, 1.54) is 0 Å². The van der Waals surface area contributed by atoms with E-state index in [0.29, 0.717) is 12.4 Å². The fourth-order valence-corrected chi connectivity index (χ4v) is 0.756. The summed E-state index contributed by atoms with van der Waals surface area (Å²) in [6, 6.07) is 0. The lowest BCUT2D eigenvalue weighted by molar-refractivity contribution is 0.720. The minimum atomic E-state index is 0.0557. The number of nitrogens with zero attached hydrogens (tertiary/aromatic N) is 4. The van der Waals surface area contributed by atoms with Crippen LogP contribution in [0.25, 0.3) is 0 Å². The number of aliphatic imine (C=N–C) groups is 1. The standard InChI is InChI=1S/C6H12N6/c1-4-10-5(11-12(4)2)3-9-6(7)8/h3H2,1-2H3,(H4,7,8,9). The molecule has 0 aliphatic carbocycles. The van der Waals surface area contributed by atoms with Crippen LogP contribution in [0.4, 0.5) is 0 Å². The van der Waals surface area contributed by atoms with E-state index < -0.39 is 0 Å². The van der Waals surface area contributed by atoms with Gasteiger partial charge >= 0.3 is 0 Å². The topological polar surface area (TPSA) is 95.1 Å². The largest absolute Gasteiger partial charge is 0.370 e. The van der Waals surface area contributed by atoms with Crippen molar-refractivity contribution in [2.45, 2.75) is 13.5 Å². The SMILES string of the molecule is Cc1nc(CN=C(N)N)nn1C. The molecule has 0 unspecified atom stereocenters. The van der Waals surface area contributed by atoms with E-state index in [2.05, 4.69) is 15.1 Å². The fraction of sp³-hybridized carbons (Fsp3) is 0.500. The molecule has 0 aromatic carbocycles. The molecule has 0 spiro atoms. The van der Waals surface area contributed by atoms with Gasteiger partial charge in [-0.05, 0) is 6.92 Å². The highest BCUT2D eigenvalue weighted by molar-refractivity contribution is 5.75. The molecule has 0 saturated heterocycles. The quantitative estimate of drug-likeness (QED) is 0.432. The average Bonchev–Trinajstić information content (AvgIpc) is 2.28. The zero-order valence-electron chi connectivity index (χ0n) is 7.15. The minimum Gasteiger partial charge on any atom is -0.370 e. The summed E-state index contributed by atoms with van der Waals surface area (Å²) in [6.45, 7) is 2.20. The lowest BCUT2D eigenvalue weighted by atomic mass is 10.6. The Labute approximate surface area is 70.3 Å². The fourth-order valence-electron chi connectivity index (χ4n) is 0.756. The van der Waals surface area contributed by atoms with Crippen molar-refractivity contribution in [1.29, 1.82) is 0 Å². The Morgan fingerprint density at radius 2 is 2.25 bits per heavy atom. The van der Waals surface area contributed by atoms with Crippen molar-refractivity contribution in [3.8, 4) is 0 Å². The van der Waals surface area contributed by atoms with Crippen molar-refractivity contribution >= 4 is 5.96 Å². The highest BCUT2D eigenvalue weighted by Crippen LogP contribution is 1.95. The first-order valence-corrected chi connectivity index (χ1v) is 3.51. The second kappa shape index (κ2) is 3.21. The molecule has 6 nitrogen and oxygen atoms in total. The van der Waals surface area contributed by atoms with Crippen molar-refractivity contribution in [3.63, 3.8) is 0 Å². The van der Waals surface area contributed by atoms with Gasteiger partial charge in [0, 0.05) is 7.05 Å². The van der Waals surface area contributed by atoms with Crippen LogP contribution >= 0.6 is 0 Å². The molecule has 4 N–H and O–H groups in total. The molecule has 1 heterocycles. The van der Waals surface area contributed by atoms with Crippen LogP contribution < -0.4 is 11.5 Å². The van der Waals surface area contributed by atoms with E-state index in [1.54, 1.807) is 4.68 Å². The molecule has 0 aliphatic heterocycles. The van der Waals surface area contributed by atoms with Crippen LogP contribution in [0.5, 0.6) is 0 Å². The van der Waals surface area contributed by atoms with Gasteiger partial charge in [0.25, 0.3) is 0 Å². The van der Waals surface area contributed by atoms with Crippen molar-refractivity contribution in [1.82, 2.24) is 14.8 Å². The van der Waals surface area contributed by atoms with Crippen molar-refractivity contribution in [2.24, 2.45) is 23.5 Å². The van der Waals surface area contributed by atoms with Gasteiger partial charge in [-0.15, -0.1) is 0 Å². The molecule has 0 atom stereocenters. The number of aromatic nitrogens is 3. The second-order valence-corrected chi connectivity index (χ2v) is 2.44. The average molecular weight is 168 g/mol. The van der Waals surface area contributed by atoms with E-state index in [9.17, 15) is 0 Å². The van der Waals surface area contributed by atoms with Crippen LogP contribution in [-0.4, -0.2) is 20.7 Å². The molecule has 1 rings (SSSR count).